The van der Waals surface area contributed by atoms with E-state index in [1.54, 1.807) is 61.5 Å². The Morgan fingerprint density at radius 3 is 2.23 bits per heavy atom. The fourth-order valence-electron chi connectivity index (χ4n) is 4.35. The van der Waals surface area contributed by atoms with E-state index >= 15 is 0 Å². The first kappa shape index (κ1) is 29.6. The minimum Gasteiger partial charge on any atom is -0.490 e. The first-order valence-corrected chi connectivity index (χ1v) is 13.8. The number of anilines is 2. The Morgan fingerprint density at radius 1 is 0.818 bits per heavy atom. The van der Waals surface area contributed by atoms with Gasteiger partial charge in [-0.2, -0.15) is 0 Å². The monoisotopic (exact) mass is 591 g/mol. The molecular formula is C34H29N3O7. The van der Waals surface area contributed by atoms with Crippen LogP contribution in [0.4, 0.5) is 16.2 Å². The van der Waals surface area contributed by atoms with Crippen LogP contribution in [0, 0.1) is 0 Å². The van der Waals surface area contributed by atoms with Gasteiger partial charge in [-0.25, -0.2) is 9.69 Å². The zero-order valence-corrected chi connectivity index (χ0v) is 23.8. The minimum atomic E-state index is -0.859. The number of hydrogen-bond donors (Lipinski definition) is 2. The summed E-state index contributed by atoms with van der Waals surface area (Å²) in [5, 5.41) is 4.96. The predicted molar refractivity (Wildman–Crippen MR) is 164 cm³/mol. The number of para-hydroxylation sites is 1. The van der Waals surface area contributed by atoms with E-state index < -0.39 is 17.8 Å². The number of imide groups is 2. The number of ether oxygens (including phenoxy) is 3. The highest BCUT2D eigenvalue weighted by molar-refractivity contribution is 6.39. The SMILES string of the molecule is CCOc1cc(/C=C2\C(=O)NC(=O)N(c3ccc(OCc4ccccc4)cc3)C2=O)ccc1OCC(=O)Nc1ccccc1. The van der Waals surface area contributed by atoms with E-state index in [1.807, 2.05) is 48.5 Å². The largest absolute Gasteiger partial charge is 0.490 e. The van der Waals surface area contributed by atoms with E-state index in [0.29, 0.717) is 41.7 Å². The van der Waals surface area contributed by atoms with E-state index in [1.165, 1.54) is 6.08 Å². The molecule has 10 heteroatoms. The molecule has 0 saturated carbocycles. The molecule has 2 N–H and O–H groups in total. The smallest absolute Gasteiger partial charge is 0.335 e. The van der Waals surface area contributed by atoms with Crippen molar-refractivity contribution in [3.05, 3.63) is 120 Å². The normalized spacial score (nSPS) is 13.8. The molecule has 1 aliphatic heterocycles. The lowest BCUT2D eigenvalue weighted by atomic mass is 10.1. The number of urea groups is 1. The van der Waals surface area contributed by atoms with Crippen molar-refractivity contribution >= 4 is 41.2 Å². The molecule has 0 aromatic heterocycles. The second-order valence-electron chi connectivity index (χ2n) is 9.57. The van der Waals surface area contributed by atoms with Crippen LogP contribution >= 0.6 is 0 Å². The molecule has 1 aliphatic rings. The van der Waals surface area contributed by atoms with E-state index in [-0.39, 0.29) is 23.8 Å². The lowest BCUT2D eigenvalue weighted by Crippen LogP contribution is -2.54. The standard InChI is InChI=1S/C34H29N3O7/c1-2-42-30-20-24(13-18-29(30)44-22-31(38)35-25-11-7-4-8-12-25)19-28-32(39)36-34(41)37(33(28)40)26-14-16-27(17-15-26)43-21-23-9-5-3-6-10-23/h3-20H,2,21-22H2,1H3,(H,35,38)(H,36,39,41)/b28-19+. The molecule has 1 fully saturated rings. The van der Waals surface area contributed by atoms with Gasteiger partial charge in [-0.15, -0.1) is 0 Å². The van der Waals surface area contributed by atoms with Crippen molar-refractivity contribution in [1.29, 1.82) is 0 Å². The van der Waals surface area contributed by atoms with Gasteiger partial charge in [0.25, 0.3) is 17.7 Å². The van der Waals surface area contributed by atoms with Crippen molar-refractivity contribution < 1.29 is 33.4 Å². The summed E-state index contributed by atoms with van der Waals surface area (Å²) in [4.78, 5) is 52.0. The van der Waals surface area contributed by atoms with Crippen molar-refractivity contribution in [3.63, 3.8) is 0 Å². The van der Waals surface area contributed by atoms with Gasteiger partial charge in [0, 0.05) is 5.69 Å². The number of barbiturate groups is 1. The van der Waals surface area contributed by atoms with Crippen molar-refractivity contribution in [3.8, 4) is 17.2 Å². The molecule has 10 nitrogen and oxygen atoms in total. The summed E-state index contributed by atoms with van der Waals surface area (Å²) in [6, 6.07) is 29.0. The van der Waals surface area contributed by atoms with E-state index in [4.69, 9.17) is 14.2 Å². The van der Waals surface area contributed by atoms with Gasteiger partial charge >= 0.3 is 6.03 Å². The summed E-state index contributed by atoms with van der Waals surface area (Å²) in [6.07, 6.45) is 1.36. The zero-order chi connectivity index (χ0) is 30.9. The number of hydrogen-bond acceptors (Lipinski definition) is 7. The van der Waals surface area contributed by atoms with E-state index in [0.717, 1.165) is 10.5 Å². The third-order valence-corrected chi connectivity index (χ3v) is 6.44. The Balaban J connectivity index is 1.29. The molecule has 44 heavy (non-hydrogen) atoms. The number of nitrogens with one attached hydrogen (secondary N) is 2. The van der Waals surface area contributed by atoms with Crippen LogP contribution in [-0.4, -0.2) is 37.0 Å². The Morgan fingerprint density at radius 2 is 1.52 bits per heavy atom. The number of carbonyl (C=O) groups excluding carboxylic acids is 4. The Bertz CT molecular complexity index is 1690. The van der Waals surface area contributed by atoms with Crippen LogP contribution in [-0.2, 0) is 21.0 Å². The minimum absolute atomic E-state index is 0.243. The number of carbonyl (C=O) groups is 4. The summed E-state index contributed by atoms with van der Waals surface area (Å²) in [7, 11) is 0. The topological polar surface area (TPSA) is 123 Å². The fourth-order valence-corrected chi connectivity index (χ4v) is 4.35. The molecule has 4 aromatic carbocycles. The summed E-state index contributed by atoms with van der Waals surface area (Å²) in [5.41, 5.74) is 2.12. The van der Waals surface area contributed by atoms with E-state index in [2.05, 4.69) is 10.6 Å². The summed E-state index contributed by atoms with van der Waals surface area (Å²) >= 11 is 0. The maximum atomic E-state index is 13.4. The van der Waals surface area contributed by atoms with Gasteiger partial charge in [0.05, 0.1) is 12.3 Å². The molecule has 0 aliphatic carbocycles. The molecule has 0 bridgehead atoms. The maximum absolute atomic E-state index is 13.4. The molecular weight excluding hydrogens is 562 g/mol. The van der Waals surface area contributed by atoms with Crippen molar-refractivity contribution in [2.45, 2.75) is 13.5 Å². The summed E-state index contributed by atoms with van der Waals surface area (Å²) in [5.74, 6) is -0.782. The molecule has 0 spiro atoms. The first-order valence-electron chi connectivity index (χ1n) is 13.8. The summed E-state index contributed by atoms with van der Waals surface area (Å²) in [6.45, 7) is 2.19. The van der Waals surface area contributed by atoms with Gasteiger partial charge in [-0.05, 0) is 72.7 Å². The Kier molecular flexibility index (Phi) is 9.31. The van der Waals surface area contributed by atoms with Gasteiger partial charge in [-0.1, -0.05) is 54.6 Å². The highest BCUT2D eigenvalue weighted by Gasteiger charge is 2.36. The third-order valence-electron chi connectivity index (χ3n) is 6.44. The molecule has 4 aromatic rings. The van der Waals surface area contributed by atoms with Crippen LogP contribution in [0.1, 0.15) is 18.1 Å². The van der Waals surface area contributed by atoms with Crippen molar-refractivity contribution in [2.75, 3.05) is 23.4 Å². The molecule has 1 saturated heterocycles. The molecule has 1 heterocycles. The highest BCUT2D eigenvalue weighted by atomic mass is 16.5. The molecule has 5 rings (SSSR count). The second kappa shape index (κ2) is 13.8. The van der Waals surface area contributed by atoms with Crippen LogP contribution in [0.15, 0.2) is 109 Å². The van der Waals surface area contributed by atoms with Gasteiger partial charge in [0.2, 0.25) is 0 Å². The molecule has 5 amide bonds. The molecule has 0 unspecified atom stereocenters. The molecule has 0 atom stereocenters. The van der Waals surface area contributed by atoms with Crippen LogP contribution in [0.3, 0.4) is 0 Å². The molecule has 0 radical (unpaired) electrons. The average Bonchev–Trinajstić information content (AvgIpc) is 3.03. The van der Waals surface area contributed by atoms with Gasteiger partial charge in [0.1, 0.15) is 17.9 Å². The average molecular weight is 592 g/mol. The van der Waals surface area contributed by atoms with Crippen LogP contribution in [0.25, 0.3) is 6.08 Å². The molecule has 222 valence electrons. The highest BCUT2D eigenvalue weighted by Crippen LogP contribution is 2.31. The lowest BCUT2D eigenvalue weighted by Gasteiger charge is -2.26. The predicted octanol–water partition coefficient (Wildman–Crippen LogP) is 5.35. The number of rotatable bonds is 11. The van der Waals surface area contributed by atoms with Crippen LogP contribution < -0.4 is 29.7 Å². The maximum Gasteiger partial charge on any atom is 0.335 e. The number of nitrogens with zero attached hydrogens (tertiary/aromatic N) is 1. The summed E-state index contributed by atoms with van der Waals surface area (Å²) < 4.78 is 17.2. The Labute approximate surface area is 253 Å². The van der Waals surface area contributed by atoms with E-state index in [9.17, 15) is 19.2 Å². The van der Waals surface area contributed by atoms with Crippen molar-refractivity contribution in [2.24, 2.45) is 0 Å². The fraction of sp³-hybridized carbons (Fsp3) is 0.118. The van der Waals surface area contributed by atoms with Gasteiger partial charge in [-0.3, -0.25) is 19.7 Å². The lowest BCUT2D eigenvalue weighted by molar-refractivity contribution is -0.122. The Hall–Kier alpha value is -5.90. The zero-order valence-electron chi connectivity index (χ0n) is 23.8. The second-order valence-corrected chi connectivity index (χ2v) is 9.57. The number of amides is 5. The van der Waals surface area contributed by atoms with Crippen molar-refractivity contribution in [1.82, 2.24) is 5.32 Å². The number of benzene rings is 4. The quantitative estimate of drug-likeness (QED) is 0.178. The van der Waals surface area contributed by atoms with Crippen LogP contribution in [0.2, 0.25) is 0 Å². The van der Waals surface area contributed by atoms with Gasteiger partial charge in [0.15, 0.2) is 18.1 Å². The van der Waals surface area contributed by atoms with Crippen LogP contribution in [0.5, 0.6) is 17.2 Å². The first-order chi connectivity index (χ1) is 21.4. The van der Waals surface area contributed by atoms with Gasteiger partial charge < -0.3 is 19.5 Å². The third kappa shape index (κ3) is 7.29.